The van der Waals surface area contributed by atoms with Crippen LogP contribution in [0.25, 0.3) is 11.8 Å². The molecular formula is C21H14ClN5O3S. The van der Waals surface area contributed by atoms with Crippen molar-refractivity contribution in [3.63, 3.8) is 0 Å². The summed E-state index contributed by atoms with van der Waals surface area (Å²) in [6, 6.07) is 12.4. The van der Waals surface area contributed by atoms with Gasteiger partial charge in [-0.3, -0.25) is 10.2 Å². The van der Waals surface area contributed by atoms with Gasteiger partial charge in [-0.25, -0.2) is 0 Å². The van der Waals surface area contributed by atoms with Crippen LogP contribution in [0.3, 0.4) is 0 Å². The molecule has 0 saturated carbocycles. The van der Waals surface area contributed by atoms with Crippen LogP contribution in [0.1, 0.15) is 11.5 Å². The van der Waals surface area contributed by atoms with Gasteiger partial charge in [-0.05, 0) is 60.3 Å². The Bertz CT molecular complexity index is 1310. The predicted octanol–water partition coefficient (Wildman–Crippen LogP) is 4.40. The van der Waals surface area contributed by atoms with Gasteiger partial charge in [0.25, 0.3) is 5.91 Å². The molecule has 0 fully saturated rings. The van der Waals surface area contributed by atoms with Crippen molar-refractivity contribution >= 4 is 51.4 Å². The van der Waals surface area contributed by atoms with Gasteiger partial charge >= 0.3 is 0 Å². The van der Waals surface area contributed by atoms with Crippen LogP contribution in [-0.4, -0.2) is 38.6 Å². The van der Waals surface area contributed by atoms with Crippen molar-refractivity contribution in [1.82, 2.24) is 9.58 Å². The zero-order chi connectivity index (χ0) is 21.5. The van der Waals surface area contributed by atoms with Crippen molar-refractivity contribution in [1.29, 1.82) is 5.41 Å². The van der Waals surface area contributed by atoms with E-state index < -0.39 is 5.91 Å². The number of halogens is 1. The van der Waals surface area contributed by atoms with Crippen LogP contribution in [0, 0.1) is 5.41 Å². The second kappa shape index (κ2) is 7.60. The highest BCUT2D eigenvalue weighted by atomic mass is 35.5. The van der Waals surface area contributed by atoms with E-state index in [4.69, 9.17) is 26.2 Å². The number of carbonyl (C=O) groups excluding carboxylic acids is 1. The number of benzene rings is 1. The van der Waals surface area contributed by atoms with Crippen LogP contribution in [0.2, 0.25) is 5.02 Å². The molecule has 154 valence electrons. The third kappa shape index (κ3) is 3.37. The number of carbonyl (C=O) groups is 1. The summed E-state index contributed by atoms with van der Waals surface area (Å²) in [6.07, 6.45) is 4.97. The van der Waals surface area contributed by atoms with Crippen LogP contribution in [-0.2, 0) is 4.79 Å². The van der Waals surface area contributed by atoms with Gasteiger partial charge in [0.2, 0.25) is 5.17 Å². The Kier molecular flexibility index (Phi) is 4.76. The molecule has 31 heavy (non-hydrogen) atoms. The summed E-state index contributed by atoms with van der Waals surface area (Å²) >= 11 is 7.36. The molecule has 0 unspecified atom stereocenters. The highest BCUT2D eigenvalue weighted by Crippen LogP contribution is 2.32. The number of aromatic nitrogens is 1. The van der Waals surface area contributed by atoms with E-state index in [9.17, 15) is 4.79 Å². The van der Waals surface area contributed by atoms with Gasteiger partial charge in [0.05, 0.1) is 24.6 Å². The molecule has 8 nitrogen and oxygen atoms in total. The molecule has 0 spiro atoms. The Morgan fingerprint density at radius 2 is 2.13 bits per heavy atom. The van der Waals surface area contributed by atoms with Gasteiger partial charge in [-0.15, -0.1) is 0 Å². The first-order valence-corrected chi connectivity index (χ1v) is 10.3. The topological polar surface area (TPSA) is 96.2 Å². The van der Waals surface area contributed by atoms with Crippen molar-refractivity contribution in [3.05, 3.63) is 77.0 Å². The lowest BCUT2D eigenvalue weighted by molar-refractivity contribution is -0.114. The fourth-order valence-corrected chi connectivity index (χ4v) is 4.25. The Balaban J connectivity index is 1.54. The predicted molar refractivity (Wildman–Crippen MR) is 120 cm³/mol. The number of methoxy groups -OCH3 is 1. The molecule has 1 N–H and O–H groups in total. The van der Waals surface area contributed by atoms with E-state index in [1.165, 1.54) is 23.0 Å². The summed E-state index contributed by atoms with van der Waals surface area (Å²) in [5.41, 5.74) is 1.49. The van der Waals surface area contributed by atoms with E-state index in [-0.39, 0.29) is 11.4 Å². The number of nitrogens with one attached hydrogen (secondary N) is 1. The molecule has 5 rings (SSSR count). The second-order valence-electron chi connectivity index (χ2n) is 6.52. The molecule has 0 aliphatic carbocycles. The minimum atomic E-state index is -0.509. The van der Waals surface area contributed by atoms with Crippen molar-refractivity contribution in [2.45, 2.75) is 0 Å². The highest BCUT2D eigenvalue weighted by Gasteiger charge is 2.36. The van der Waals surface area contributed by atoms with Gasteiger partial charge < -0.3 is 13.7 Å². The van der Waals surface area contributed by atoms with Crippen molar-refractivity contribution in [3.8, 4) is 11.4 Å². The molecule has 0 radical (unpaired) electrons. The van der Waals surface area contributed by atoms with E-state index in [1.54, 1.807) is 43.5 Å². The molecule has 4 heterocycles. The molecule has 0 bridgehead atoms. The molecule has 2 aliphatic heterocycles. The van der Waals surface area contributed by atoms with Gasteiger partial charge in [-0.1, -0.05) is 11.6 Å². The van der Waals surface area contributed by atoms with Crippen molar-refractivity contribution in [2.75, 3.05) is 7.11 Å². The van der Waals surface area contributed by atoms with Gasteiger partial charge in [-0.2, -0.15) is 15.1 Å². The SMILES string of the molecule is COc1ccc(Cl)cc1-n1cccc1/C=C1\C(=N)N2N=C(c3ccco3)SC2=NC1=O. The zero-order valence-corrected chi connectivity index (χ0v) is 17.6. The standard InChI is InChI=1S/C21H14ClN5O3S/c1-29-16-7-6-12(22)10-15(16)26-8-2-4-13(26)11-14-18(23)27-21(24-19(14)28)31-20(25-27)17-5-3-9-30-17/h2-11,23H,1H3/b14-11+,23-18?. The molecular weight excluding hydrogens is 438 g/mol. The summed E-state index contributed by atoms with van der Waals surface area (Å²) < 4.78 is 12.6. The van der Waals surface area contributed by atoms with E-state index >= 15 is 0 Å². The fourth-order valence-electron chi connectivity index (χ4n) is 3.22. The number of fused-ring (bicyclic) bond motifs is 1. The number of rotatable bonds is 4. The summed E-state index contributed by atoms with van der Waals surface area (Å²) in [4.78, 5) is 16.8. The van der Waals surface area contributed by atoms with Gasteiger partial charge in [0, 0.05) is 16.9 Å². The molecule has 2 aliphatic rings. The molecule has 0 atom stereocenters. The Morgan fingerprint density at radius 1 is 1.26 bits per heavy atom. The molecule has 1 aromatic carbocycles. The van der Waals surface area contributed by atoms with Gasteiger partial charge in [0.15, 0.2) is 16.6 Å². The third-order valence-electron chi connectivity index (χ3n) is 4.66. The lowest BCUT2D eigenvalue weighted by atomic mass is 10.1. The number of amidine groups is 2. The summed E-state index contributed by atoms with van der Waals surface area (Å²) in [7, 11) is 1.57. The molecule has 2 aromatic heterocycles. The van der Waals surface area contributed by atoms with Crippen LogP contribution in [0.5, 0.6) is 5.75 Å². The first-order chi connectivity index (χ1) is 15.0. The smallest absolute Gasteiger partial charge is 0.283 e. The van der Waals surface area contributed by atoms with Crippen LogP contribution < -0.4 is 4.74 Å². The van der Waals surface area contributed by atoms with E-state index in [0.717, 1.165) is 0 Å². The van der Waals surface area contributed by atoms with Crippen molar-refractivity contribution < 1.29 is 13.9 Å². The second-order valence-corrected chi connectivity index (χ2v) is 7.91. The summed E-state index contributed by atoms with van der Waals surface area (Å²) in [6.45, 7) is 0. The minimum absolute atomic E-state index is 0.0603. The number of aliphatic imine (C=N–C) groups is 1. The Labute approximate surface area is 186 Å². The first kappa shape index (κ1) is 19.4. The van der Waals surface area contributed by atoms with Crippen LogP contribution >= 0.6 is 23.4 Å². The highest BCUT2D eigenvalue weighted by molar-refractivity contribution is 8.27. The minimum Gasteiger partial charge on any atom is -0.495 e. The Hall–Kier alpha value is -3.56. The Morgan fingerprint density at radius 3 is 2.90 bits per heavy atom. The average molecular weight is 452 g/mol. The quantitative estimate of drug-likeness (QED) is 0.593. The lowest BCUT2D eigenvalue weighted by Crippen LogP contribution is -2.35. The number of nitrogens with zero attached hydrogens (tertiary/aromatic N) is 4. The van der Waals surface area contributed by atoms with E-state index in [0.29, 0.717) is 38.1 Å². The summed E-state index contributed by atoms with van der Waals surface area (Å²) in [5, 5.41) is 15.7. The number of hydrazone groups is 1. The molecule has 1 amide bonds. The average Bonchev–Trinajstić information content (AvgIpc) is 3.51. The molecule has 0 saturated heterocycles. The molecule has 10 heteroatoms. The van der Waals surface area contributed by atoms with Crippen LogP contribution in [0.4, 0.5) is 0 Å². The van der Waals surface area contributed by atoms with E-state index in [1.807, 2.05) is 22.9 Å². The maximum Gasteiger partial charge on any atom is 0.283 e. The maximum absolute atomic E-state index is 12.7. The maximum atomic E-state index is 12.7. The largest absolute Gasteiger partial charge is 0.495 e. The number of thioether (sulfide) groups is 1. The molecule has 3 aromatic rings. The third-order valence-corrected chi connectivity index (χ3v) is 5.82. The first-order valence-electron chi connectivity index (χ1n) is 9.10. The number of furan rings is 1. The zero-order valence-electron chi connectivity index (χ0n) is 16.1. The van der Waals surface area contributed by atoms with Crippen molar-refractivity contribution in [2.24, 2.45) is 10.1 Å². The normalized spacial score (nSPS) is 17.1. The van der Waals surface area contributed by atoms with Gasteiger partial charge in [0.1, 0.15) is 5.75 Å². The van der Waals surface area contributed by atoms with E-state index in [2.05, 4.69) is 10.1 Å². The number of amides is 1. The van der Waals surface area contributed by atoms with Crippen LogP contribution in [0.15, 0.2) is 75.0 Å². The number of hydrogen-bond acceptors (Lipinski definition) is 6. The fraction of sp³-hybridized carbons (Fsp3) is 0.0476. The lowest BCUT2D eigenvalue weighted by Gasteiger charge is -2.20. The number of ether oxygens (including phenoxy) is 1. The number of hydrogen-bond donors (Lipinski definition) is 1. The summed E-state index contributed by atoms with van der Waals surface area (Å²) in [5.74, 6) is 0.601. The monoisotopic (exact) mass is 451 g/mol.